The second kappa shape index (κ2) is 9.41. The van der Waals surface area contributed by atoms with Crippen molar-refractivity contribution in [1.82, 2.24) is 4.72 Å². The molecule has 8 heteroatoms. The van der Waals surface area contributed by atoms with Crippen molar-refractivity contribution in [1.29, 1.82) is 0 Å². The molecule has 0 spiro atoms. The molecule has 2 aromatic carbocycles. The SMILES string of the molecule is CC(C)(C)OC(=O)[C@@](C)(NS(=O)c1ccc(-c2ccc3c(c2)OCO3)s1)C(C)(C)c1ccccc1. The molecule has 2 heterocycles. The number of ether oxygens (including phenoxy) is 3. The minimum atomic E-state index is -1.66. The van der Waals surface area contributed by atoms with E-state index < -0.39 is 33.5 Å². The number of nitrogens with one attached hydrogen (secondary N) is 1. The largest absolute Gasteiger partial charge is 0.459 e. The number of carbonyl (C=O) groups is 1. The van der Waals surface area contributed by atoms with Crippen LogP contribution in [-0.4, -0.2) is 28.1 Å². The van der Waals surface area contributed by atoms with Crippen molar-refractivity contribution in [3.63, 3.8) is 0 Å². The minimum Gasteiger partial charge on any atom is -0.459 e. The smallest absolute Gasteiger partial charge is 0.328 e. The summed E-state index contributed by atoms with van der Waals surface area (Å²) in [7, 11) is -1.66. The fourth-order valence-corrected chi connectivity index (χ4v) is 6.24. The number of hydrogen-bond donors (Lipinski definition) is 1. The van der Waals surface area contributed by atoms with Crippen LogP contribution in [0.2, 0.25) is 0 Å². The van der Waals surface area contributed by atoms with Crippen LogP contribution in [0.1, 0.15) is 47.1 Å². The molecule has 6 nitrogen and oxygen atoms in total. The Balaban J connectivity index is 1.64. The Bertz CT molecular complexity index is 1250. The van der Waals surface area contributed by atoms with Crippen molar-refractivity contribution in [3.8, 4) is 21.9 Å². The maximum atomic E-state index is 13.6. The topological polar surface area (TPSA) is 73.9 Å². The van der Waals surface area contributed by atoms with Gasteiger partial charge in [0, 0.05) is 10.3 Å². The van der Waals surface area contributed by atoms with Crippen LogP contribution in [-0.2, 0) is 25.9 Å². The highest BCUT2D eigenvalue weighted by atomic mass is 32.2. The Hall–Kier alpha value is -2.68. The lowest BCUT2D eigenvalue weighted by Gasteiger charge is -2.43. The summed E-state index contributed by atoms with van der Waals surface area (Å²) in [5.74, 6) is 0.950. The van der Waals surface area contributed by atoms with E-state index >= 15 is 0 Å². The van der Waals surface area contributed by atoms with E-state index in [2.05, 4.69) is 4.72 Å². The van der Waals surface area contributed by atoms with Crippen LogP contribution >= 0.6 is 11.3 Å². The van der Waals surface area contributed by atoms with Gasteiger partial charge in [0.2, 0.25) is 6.79 Å². The summed E-state index contributed by atoms with van der Waals surface area (Å²) in [6.07, 6.45) is 0. The van der Waals surface area contributed by atoms with E-state index in [9.17, 15) is 9.00 Å². The van der Waals surface area contributed by atoms with Gasteiger partial charge in [-0.1, -0.05) is 44.2 Å². The first-order chi connectivity index (χ1) is 16.4. The first kappa shape index (κ1) is 25.4. The number of rotatable bonds is 7. The van der Waals surface area contributed by atoms with Crippen molar-refractivity contribution in [3.05, 3.63) is 66.2 Å². The number of thiophene rings is 1. The highest BCUT2D eigenvalue weighted by Gasteiger charge is 2.51. The Morgan fingerprint density at radius 3 is 2.31 bits per heavy atom. The third kappa shape index (κ3) is 5.15. The van der Waals surface area contributed by atoms with Gasteiger partial charge in [-0.3, -0.25) is 0 Å². The summed E-state index contributed by atoms with van der Waals surface area (Å²) in [5, 5.41) is 0. The second-order valence-electron chi connectivity index (χ2n) is 10.2. The fraction of sp³-hybridized carbons (Fsp3) is 0.370. The molecule has 0 aliphatic carbocycles. The monoisotopic (exact) mass is 513 g/mol. The zero-order chi connectivity index (χ0) is 25.4. The van der Waals surface area contributed by atoms with Gasteiger partial charge in [0.25, 0.3) is 0 Å². The quantitative estimate of drug-likeness (QED) is 0.402. The summed E-state index contributed by atoms with van der Waals surface area (Å²) >= 11 is 1.40. The molecule has 0 saturated carbocycles. The second-order valence-corrected chi connectivity index (χ2v) is 12.7. The fourth-order valence-electron chi connectivity index (χ4n) is 3.81. The van der Waals surface area contributed by atoms with E-state index in [4.69, 9.17) is 14.2 Å². The molecule has 2 atom stereocenters. The lowest BCUT2D eigenvalue weighted by molar-refractivity contribution is -0.164. The van der Waals surface area contributed by atoms with E-state index in [1.54, 1.807) is 6.92 Å². The number of esters is 1. The molecule has 0 bridgehead atoms. The van der Waals surface area contributed by atoms with Crippen LogP contribution in [0.5, 0.6) is 11.5 Å². The summed E-state index contributed by atoms with van der Waals surface area (Å²) in [5.41, 5.74) is -0.824. The van der Waals surface area contributed by atoms with Gasteiger partial charge in [-0.2, -0.15) is 0 Å². The van der Waals surface area contributed by atoms with Crippen LogP contribution < -0.4 is 14.2 Å². The van der Waals surface area contributed by atoms with E-state index in [0.29, 0.717) is 15.7 Å². The molecule has 1 unspecified atom stereocenters. The maximum Gasteiger partial charge on any atom is 0.328 e. The predicted octanol–water partition coefficient (Wildman–Crippen LogP) is 5.83. The Labute approximate surface area is 213 Å². The van der Waals surface area contributed by atoms with Gasteiger partial charge in [0.1, 0.15) is 26.3 Å². The molecule has 0 saturated heterocycles. The first-order valence-electron chi connectivity index (χ1n) is 11.4. The highest BCUT2D eigenvalue weighted by molar-refractivity contribution is 7.85. The maximum absolute atomic E-state index is 13.6. The Morgan fingerprint density at radius 1 is 0.943 bits per heavy atom. The lowest BCUT2D eigenvalue weighted by Crippen LogP contribution is -2.63. The van der Waals surface area contributed by atoms with Gasteiger partial charge in [-0.25, -0.2) is 13.7 Å². The van der Waals surface area contributed by atoms with Gasteiger partial charge in [0.05, 0.1) is 0 Å². The van der Waals surface area contributed by atoms with Gasteiger partial charge >= 0.3 is 5.97 Å². The summed E-state index contributed by atoms with van der Waals surface area (Å²) in [6, 6.07) is 19.2. The van der Waals surface area contributed by atoms with E-state index in [1.807, 2.05) is 95.3 Å². The third-order valence-electron chi connectivity index (χ3n) is 6.27. The molecule has 3 aromatic rings. The molecule has 1 aromatic heterocycles. The van der Waals surface area contributed by atoms with Crippen molar-refractivity contribution in [2.75, 3.05) is 6.79 Å². The van der Waals surface area contributed by atoms with Gasteiger partial charge in [-0.05, 0) is 69.2 Å². The first-order valence-corrected chi connectivity index (χ1v) is 13.4. The molecule has 0 amide bonds. The van der Waals surface area contributed by atoms with Gasteiger partial charge < -0.3 is 14.2 Å². The molecule has 1 N–H and O–H groups in total. The molecular weight excluding hydrogens is 482 g/mol. The minimum absolute atomic E-state index is 0.211. The molecular formula is C27H31NO5S2. The normalized spacial score (nSPS) is 15.9. The Kier molecular flexibility index (Phi) is 6.83. The number of carbonyl (C=O) groups excluding carboxylic acids is 1. The Morgan fingerprint density at radius 2 is 1.63 bits per heavy atom. The van der Waals surface area contributed by atoms with Crippen molar-refractivity contribution < 1.29 is 23.2 Å². The molecule has 35 heavy (non-hydrogen) atoms. The average Bonchev–Trinajstić information content (AvgIpc) is 3.47. The number of benzene rings is 2. The lowest BCUT2D eigenvalue weighted by atomic mass is 9.69. The standard InChI is InChI=1S/C27H31NO5S2/c1-25(2,3)33-24(29)27(6,26(4,5)19-10-8-7-9-11-19)28-35(30)23-15-14-22(34-23)18-12-13-20-21(16-18)32-17-31-20/h7-16,28H,17H2,1-6H3/t27-,35?/m1/s1. The molecule has 0 fully saturated rings. The van der Waals surface area contributed by atoms with Gasteiger partial charge in [0.15, 0.2) is 11.5 Å². The molecule has 1 aliphatic rings. The average molecular weight is 514 g/mol. The van der Waals surface area contributed by atoms with Crippen LogP contribution in [0.25, 0.3) is 10.4 Å². The van der Waals surface area contributed by atoms with Crippen molar-refractivity contribution in [2.24, 2.45) is 0 Å². The van der Waals surface area contributed by atoms with Crippen molar-refractivity contribution in [2.45, 2.75) is 62.3 Å². The number of fused-ring (bicyclic) bond motifs is 1. The summed E-state index contributed by atoms with van der Waals surface area (Å²) in [4.78, 5) is 14.5. The third-order valence-corrected chi connectivity index (χ3v) is 9.00. The van der Waals surface area contributed by atoms with E-state index in [1.165, 1.54) is 11.3 Å². The van der Waals surface area contributed by atoms with Crippen LogP contribution in [0.15, 0.2) is 64.9 Å². The molecule has 1 aliphatic heterocycles. The van der Waals surface area contributed by atoms with E-state index in [-0.39, 0.29) is 6.79 Å². The zero-order valence-electron chi connectivity index (χ0n) is 20.8. The summed E-state index contributed by atoms with van der Waals surface area (Å²) < 4.78 is 34.0. The number of hydrogen-bond acceptors (Lipinski definition) is 6. The van der Waals surface area contributed by atoms with E-state index in [0.717, 1.165) is 16.0 Å². The van der Waals surface area contributed by atoms with Crippen LogP contribution in [0.3, 0.4) is 0 Å². The predicted molar refractivity (Wildman–Crippen MR) is 139 cm³/mol. The summed E-state index contributed by atoms with van der Waals surface area (Å²) in [6.45, 7) is 11.4. The van der Waals surface area contributed by atoms with Crippen LogP contribution in [0, 0.1) is 0 Å². The van der Waals surface area contributed by atoms with Crippen molar-refractivity contribution >= 4 is 28.3 Å². The molecule has 0 radical (unpaired) electrons. The molecule has 4 rings (SSSR count). The van der Waals surface area contributed by atoms with Crippen LogP contribution in [0.4, 0.5) is 0 Å². The van der Waals surface area contributed by atoms with Gasteiger partial charge in [-0.15, -0.1) is 11.3 Å². The molecule has 186 valence electrons. The zero-order valence-corrected chi connectivity index (χ0v) is 22.5. The highest BCUT2D eigenvalue weighted by Crippen LogP contribution is 2.40.